The summed E-state index contributed by atoms with van der Waals surface area (Å²) in [4.78, 5) is 2.13. The molecule has 3 heteroatoms. The third-order valence-electron chi connectivity index (χ3n) is 2.44. The molecule has 0 amide bonds. The summed E-state index contributed by atoms with van der Waals surface area (Å²) in [6.45, 7) is 1.45. The minimum Gasteiger partial charge on any atom is -0.464 e. The zero-order valence-corrected chi connectivity index (χ0v) is 9.16. The van der Waals surface area contributed by atoms with E-state index in [4.69, 9.17) is 10.2 Å². The Hall–Kier alpha value is -1.32. The first-order valence-electron chi connectivity index (χ1n) is 5.04. The topological polar surface area (TPSA) is 42.4 Å². The highest BCUT2D eigenvalue weighted by atomic mass is 16.3. The zero-order chi connectivity index (χ0) is 10.8. The van der Waals surface area contributed by atoms with Crippen LogP contribution in [-0.2, 0) is 13.1 Å². The van der Waals surface area contributed by atoms with E-state index in [9.17, 15) is 0 Å². The van der Waals surface area contributed by atoms with Crippen LogP contribution in [0.15, 0.2) is 28.9 Å². The Bertz CT molecular complexity index is 460. The number of fused-ring (bicyclic) bond motifs is 1. The molecule has 0 fully saturated rings. The SMILES string of the molecule is CN(C)Cc1coc2cc(CN)ccc12. The molecule has 1 aromatic heterocycles. The van der Waals surface area contributed by atoms with Gasteiger partial charge in [0.25, 0.3) is 0 Å². The Morgan fingerprint density at radius 1 is 1.33 bits per heavy atom. The van der Waals surface area contributed by atoms with Gasteiger partial charge in [-0.2, -0.15) is 0 Å². The standard InChI is InChI=1S/C12H16N2O/c1-14(2)7-10-8-15-12-5-9(6-13)3-4-11(10)12/h3-5,8H,6-7,13H2,1-2H3. The lowest BCUT2D eigenvalue weighted by atomic mass is 10.1. The summed E-state index contributed by atoms with van der Waals surface area (Å²) in [6, 6.07) is 6.14. The molecule has 0 saturated carbocycles. The minimum atomic E-state index is 0.555. The minimum absolute atomic E-state index is 0.555. The van der Waals surface area contributed by atoms with Gasteiger partial charge < -0.3 is 15.1 Å². The van der Waals surface area contributed by atoms with E-state index in [1.165, 1.54) is 10.9 Å². The molecule has 2 aromatic rings. The maximum atomic E-state index is 5.58. The summed E-state index contributed by atoms with van der Waals surface area (Å²) in [5.74, 6) is 0. The maximum Gasteiger partial charge on any atom is 0.134 e. The summed E-state index contributed by atoms with van der Waals surface area (Å²) in [6.07, 6.45) is 1.82. The monoisotopic (exact) mass is 204 g/mol. The number of hydrogen-bond donors (Lipinski definition) is 1. The van der Waals surface area contributed by atoms with E-state index in [-0.39, 0.29) is 0 Å². The van der Waals surface area contributed by atoms with E-state index in [1.807, 2.05) is 26.4 Å². The van der Waals surface area contributed by atoms with Gasteiger partial charge in [0, 0.05) is 24.0 Å². The van der Waals surface area contributed by atoms with E-state index in [2.05, 4.69) is 17.0 Å². The fourth-order valence-electron chi connectivity index (χ4n) is 1.72. The first-order valence-corrected chi connectivity index (χ1v) is 5.04. The molecule has 0 bridgehead atoms. The summed E-state index contributed by atoms with van der Waals surface area (Å²) in [5, 5.41) is 1.18. The fraction of sp³-hybridized carbons (Fsp3) is 0.333. The average molecular weight is 204 g/mol. The van der Waals surface area contributed by atoms with Crippen molar-refractivity contribution in [1.82, 2.24) is 4.90 Å². The van der Waals surface area contributed by atoms with Crippen molar-refractivity contribution in [2.75, 3.05) is 14.1 Å². The van der Waals surface area contributed by atoms with Crippen molar-refractivity contribution in [3.8, 4) is 0 Å². The number of hydrogen-bond acceptors (Lipinski definition) is 3. The molecule has 15 heavy (non-hydrogen) atoms. The number of benzene rings is 1. The van der Waals surface area contributed by atoms with Gasteiger partial charge in [-0.05, 0) is 25.7 Å². The molecular weight excluding hydrogens is 188 g/mol. The van der Waals surface area contributed by atoms with Gasteiger partial charge in [0.2, 0.25) is 0 Å². The third-order valence-corrected chi connectivity index (χ3v) is 2.44. The molecule has 0 spiro atoms. The highest BCUT2D eigenvalue weighted by Gasteiger charge is 2.06. The second-order valence-electron chi connectivity index (χ2n) is 4.03. The lowest BCUT2D eigenvalue weighted by Gasteiger charge is -2.07. The summed E-state index contributed by atoms with van der Waals surface area (Å²) < 4.78 is 5.51. The second kappa shape index (κ2) is 4.04. The number of furan rings is 1. The first kappa shape index (κ1) is 10.2. The highest BCUT2D eigenvalue weighted by Crippen LogP contribution is 2.23. The molecule has 0 unspecified atom stereocenters. The number of nitrogens with two attached hydrogens (primary N) is 1. The van der Waals surface area contributed by atoms with E-state index >= 15 is 0 Å². The molecule has 3 nitrogen and oxygen atoms in total. The Labute approximate surface area is 89.5 Å². The molecule has 2 rings (SSSR count). The molecule has 0 saturated heterocycles. The van der Waals surface area contributed by atoms with Crippen LogP contribution in [0.25, 0.3) is 11.0 Å². The van der Waals surface area contributed by atoms with Crippen molar-refractivity contribution in [1.29, 1.82) is 0 Å². The molecule has 2 N–H and O–H groups in total. The Morgan fingerprint density at radius 3 is 2.80 bits per heavy atom. The zero-order valence-electron chi connectivity index (χ0n) is 9.16. The molecule has 1 heterocycles. The van der Waals surface area contributed by atoms with Gasteiger partial charge in [-0.25, -0.2) is 0 Å². The van der Waals surface area contributed by atoms with E-state index in [1.54, 1.807) is 0 Å². The maximum absolute atomic E-state index is 5.58. The second-order valence-corrected chi connectivity index (χ2v) is 4.03. The lowest BCUT2D eigenvalue weighted by Crippen LogP contribution is -2.09. The van der Waals surface area contributed by atoms with Crippen LogP contribution in [0, 0.1) is 0 Å². The highest BCUT2D eigenvalue weighted by molar-refractivity contribution is 5.81. The van der Waals surface area contributed by atoms with E-state index in [0.29, 0.717) is 6.54 Å². The Morgan fingerprint density at radius 2 is 2.13 bits per heavy atom. The van der Waals surface area contributed by atoms with Crippen LogP contribution in [-0.4, -0.2) is 19.0 Å². The van der Waals surface area contributed by atoms with Crippen molar-refractivity contribution in [2.45, 2.75) is 13.1 Å². The van der Waals surface area contributed by atoms with Gasteiger partial charge in [0.15, 0.2) is 0 Å². The first-order chi connectivity index (χ1) is 7.20. The predicted molar refractivity (Wildman–Crippen MR) is 61.5 cm³/mol. The molecule has 0 atom stereocenters. The van der Waals surface area contributed by atoms with Gasteiger partial charge >= 0.3 is 0 Å². The van der Waals surface area contributed by atoms with Gasteiger partial charge in [-0.3, -0.25) is 0 Å². The predicted octanol–water partition coefficient (Wildman–Crippen LogP) is 1.95. The summed E-state index contributed by atoms with van der Waals surface area (Å²) in [5.41, 5.74) is 8.83. The van der Waals surface area contributed by atoms with Crippen LogP contribution in [0.3, 0.4) is 0 Å². The van der Waals surface area contributed by atoms with Crippen LogP contribution >= 0.6 is 0 Å². The Kier molecular flexibility index (Phi) is 2.75. The largest absolute Gasteiger partial charge is 0.464 e. The van der Waals surface area contributed by atoms with Crippen molar-refractivity contribution >= 4 is 11.0 Å². The molecule has 1 aromatic carbocycles. The number of nitrogens with zero attached hydrogens (tertiary/aromatic N) is 1. The Balaban J connectivity index is 2.43. The van der Waals surface area contributed by atoms with Crippen LogP contribution in [0.2, 0.25) is 0 Å². The molecule has 0 aliphatic heterocycles. The van der Waals surface area contributed by atoms with Gasteiger partial charge in [-0.1, -0.05) is 12.1 Å². The van der Waals surface area contributed by atoms with Crippen LogP contribution in [0.1, 0.15) is 11.1 Å². The van der Waals surface area contributed by atoms with E-state index < -0.39 is 0 Å². The van der Waals surface area contributed by atoms with E-state index in [0.717, 1.165) is 17.7 Å². The van der Waals surface area contributed by atoms with Crippen LogP contribution in [0.4, 0.5) is 0 Å². The van der Waals surface area contributed by atoms with Gasteiger partial charge in [-0.15, -0.1) is 0 Å². The van der Waals surface area contributed by atoms with Crippen molar-refractivity contribution < 1.29 is 4.42 Å². The van der Waals surface area contributed by atoms with Crippen LogP contribution < -0.4 is 5.73 Å². The van der Waals surface area contributed by atoms with Crippen molar-refractivity contribution in [3.63, 3.8) is 0 Å². The summed E-state index contributed by atoms with van der Waals surface area (Å²) in [7, 11) is 4.10. The van der Waals surface area contributed by atoms with Gasteiger partial charge in [0.1, 0.15) is 5.58 Å². The lowest BCUT2D eigenvalue weighted by molar-refractivity contribution is 0.401. The quantitative estimate of drug-likeness (QED) is 0.831. The normalized spacial score (nSPS) is 11.5. The molecule has 80 valence electrons. The van der Waals surface area contributed by atoms with Crippen molar-refractivity contribution in [2.24, 2.45) is 5.73 Å². The van der Waals surface area contributed by atoms with Crippen molar-refractivity contribution in [3.05, 3.63) is 35.6 Å². The average Bonchev–Trinajstić information content (AvgIpc) is 2.60. The fourth-order valence-corrected chi connectivity index (χ4v) is 1.72. The smallest absolute Gasteiger partial charge is 0.134 e. The molecule has 0 aliphatic carbocycles. The summed E-state index contributed by atoms with van der Waals surface area (Å²) >= 11 is 0. The number of rotatable bonds is 3. The molecule has 0 radical (unpaired) electrons. The molecule has 0 aliphatic rings. The van der Waals surface area contributed by atoms with Gasteiger partial charge in [0.05, 0.1) is 6.26 Å². The third kappa shape index (κ3) is 2.03. The molecular formula is C12H16N2O. The van der Waals surface area contributed by atoms with Crippen LogP contribution in [0.5, 0.6) is 0 Å².